The van der Waals surface area contributed by atoms with Crippen molar-refractivity contribution in [3.8, 4) is 0 Å². The van der Waals surface area contributed by atoms with E-state index in [1.165, 1.54) is 12.0 Å². The van der Waals surface area contributed by atoms with Crippen LogP contribution in [0.4, 0.5) is 0 Å². The molecule has 3 rings (SSSR count). The Morgan fingerprint density at radius 1 is 1.18 bits per heavy atom. The molecule has 1 spiro atoms. The van der Waals surface area contributed by atoms with Gasteiger partial charge < -0.3 is 10.4 Å². The number of aliphatic hydroxyl groups excluding tert-OH is 1. The molecular weight excluding hydrogens is 274 g/mol. The Balaban J connectivity index is 2.17. The molecule has 1 heterocycles. The molecule has 0 atom stereocenters. The molecule has 3 nitrogen and oxygen atoms in total. The molecule has 1 saturated carbocycles. The molecule has 1 aliphatic heterocycles. The molecule has 1 fully saturated rings. The van der Waals surface area contributed by atoms with Gasteiger partial charge in [-0.15, -0.1) is 0 Å². The number of hydrogen-bond acceptors (Lipinski definition) is 2. The van der Waals surface area contributed by atoms with Gasteiger partial charge in [-0.3, -0.25) is 4.79 Å². The zero-order valence-corrected chi connectivity index (χ0v) is 13.8. The normalized spacial score (nSPS) is 20.6. The highest BCUT2D eigenvalue weighted by molar-refractivity contribution is 6.24. The van der Waals surface area contributed by atoms with Gasteiger partial charge >= 0.3 is 0 Å². The summed E-state index contributed by atoms with van der Waals surface area (Å²) >= 11 is 0. The molecule has 0 bridgehead atoms. The van der Waals surface area contributed by atoms with Crippen molar-refractivity contribution in [3.63, 3.8) is 0 Å². The minimum atomic E-state index is -0.507. The minimum absolute atomic E-state index is 0.110. The minimum Gasteiger partial charge on any atom is -0.509 e. The zero-order valence-electron chi connectivity index (χ0n) is 13.8. The van der Waals surface area contributed by atoms with Crippen LogP contribution in [0.3, 0.4) is 0 Å². The number of amides is 1. The Kier molecular flexibility index (Phi) is 3.75. The van der Waals surface area contributed by atoms with Crippen LogP contribution in [0.25, 0.3) is 5.57 Å². The van der Waals surface area contributed by atoms with E-state index in [4.69, 9.17) is 0 Å². The van der Waals surface area contributed by atoms with Gasteiger partial charge in [0.1, 0.15) is 5.76 Å². The number of aryl methyl sites for hydroxylation is 3. The maximum absolute atomic E-state index is 12.6. The first-order valence-electron chi connectivity index (χ1n) is 8.35. The first-order valence-corrected chi connectivity index (χ1v) is 8.35. The van der Waals surface area contributed by atoms with E-state index in [9.17, 15) is 9.90 Å². The van der Waals surface area contributed by atoms with Crippen LogP contribution in [-0.2, 0) is 11.2 Å². The van der Waals surface area contributed by atoms with Gasteiger partial charge in [0.2, 0.25) is 0 Å². The molecule has 1 amide bonds. The molecule has 1 aliphatic carbocycles. The highest BCUT2D eigenvalue weighted by atomic mass is 16.3. The Hall–Kier alpha value is -1.77. The highest BCUT2D eigenvalue weighted by Gasteiger charge is 2.46. The van der Waals surface area contributed by atoms with Crippen LogP contribution < -0.4 is 5.32 Å². The number of rotatable bonds is 2. The molecule has 0 aromatic heterocycles. The average molecular weight is 299 g/mol. The van der Waals surface area contributed by atoms with Crippen LogP contribution in [0.1, 0.15) is 61.3 Å². The van der Waals surface area contributed by atoms with Crippen molar-refractivity contribution in [2.45, 2.75) is 64.8 Å². The van der Waals surface area contributed by atoms with Crippen LogP contribution in [0, 0.1) is 13.8 Å². The molecule has 0 radical (unpaired) electrons. The summed E-state index contributed by atoms with van der Waals surface area (Å²) in [5, 5.41) is 14.0. The summed E-state index contributed by atoms with van der Waals surface area (Å²) in [6, 6.07) is 4.22. The molecule has 118 valence electrons. The summed E-state index contributed by atoms with van der Waals surface area (Å²) in [5.74, 6) is 0.167. The van der Waals surface area contributed by atoms with Crippen molar-refractivity contribution < 1.29 is 9.90 Å². The Labute approximate surface area is 132 Å². The second kappa shape index (κ2) is 5.45. The number of aliphatic hydroxyl groups is 1. The predicted octanol–water partition coefficient (Wildman–Crippen LogP) is 3.97. The monoisotopic (exact) mass is 299 g/mol. The zero-order chi connectivity index (χ0) is 15.9. The van der Waals surface area contributed by atoms with Crippen molar-refractivity contribution in [1.82, 2.24) is 5.32 Å². The fraction of sp³-hybridized carbons (Fsp3) is 0.526. The molecule has 0 unspecified atom stereocenters. The van der Waals surface area contributed by atoms with Crippen LogP contribution in [0.2, 0.25) is 0 Å². The quantitative estimate of drug-likeness (QED) is 0.868. The number of carbonyl (C=O) groups excluding carboxylic acids is 1. The van der Waals surface area contributed by atoms with Crippen molar-refractivity contribution >= 4 is 11.5 Å². The summed E-state index contributed by atoms with van der Waals surface area (Å²) in [4.78, 5) is 12.6. The smallest absolute Gasteiger partial charge is 0.256 e. The van der Waals surface area contributed by atoms with E-state index >= 15 is 0 Å². The lowest BCUT2D eigenvalue weighted by atomic mass is 9.80. The Morgan fingerprint density at radius 2 is 1.86 bits per heavy atom. The number of benzene rings is 1. The summed E-state index contributed by atoms with van der Waals surface area (Å²) in [5.41, 5.74) is 4.35. The maximum Gasteiger partial charge on any atom is 0.256 e. The standard InChI is InChI=1S/C19H25NO2/c1-4-14-11-12(2)10-13(3)15(14)16-17(21)19(20-18(16)22)8-6-5-7-9-19/h10-11,21H,4-9H2,1-3H3,(H,20,22). The number of nitrogens with one attached hydrogen (secondary N) is 1. The number of hydrogen-bond donors (Lipinski definition) is 2. The molecule has 1 aromatic rings. The summed E-state index contributed by atoms with van der Waals surface area (Å²) in [6.45, 7) is 6.20. The van der Waals surface area contributed by atoms with Gasteiger partial charge in [-0.05, 0) is 49.8 Å². The third-order valence-electron chi connectivity index (χ3n) is 5.17. The summed E-state index contributed by atoms with van der Waals surface area (Å²) in [6.07, 6.45) is 5.86. The van der Waals surface area contributed by atoms with Crippen LogP contribution in [-0.4, -0.2) is 16.6 Å². The van der Waals surface area contributed by atoms with Gasteiger partial charge in [0.05, 0.1) is 11.1 Å². The van der Waals surface area contributed by atoms with Gasteiger partial charge in [0.25, 0.3) is 5.91 Å². The third-order valence-corrected chi connectivity index (χ3v) is 5.17. The van der Waals surface area contributed by atoms with Gasteiger partial charge in [-0.2, -0.15) is 0 Å². The van der Waals surface area contributed by atoms with Gasteiger partial charge in [-0.1, -0.05) is 43.9 Å². The second-order valence-corrected chi connectivity index (χ2v) is 6.79. The molecule has 22 heavy (non-hydrogen) atoms. The van der Waals surface area contributed by atoms with E-state index < -0.39 is 5.54 Å². The van der Waals surface area contributed by atoms with Crippen molar-refractivity contribution in [3.05, 3.63) is 40.1 Å². The van der Waals surface area contributed by atoms with Crippen LogP contribution >= 0.6 is 0 Å². The van der Waals surface area contributed by atoms with Crippen molar-refractivity contribution in [2.24, 2.45) is 0 Å². The van der Waals surface area contributed by atoms with E-state index in [1.54, 1.807) is 0 Å². The average Bonchev–Trinajstić information content (AvgIpc) is 2.71. The lowest BCUT2D eigenvalue weighted by Gasteiger charge is -2.33. The molecule has 2 aliphatic rings. The Bertz CT molecular complexity index is 652. The van der Waals surface area contributed by atoms with Crippen molar-refractivity contribution in [1.29, 1.82) is 0 Å². The molecule has 2 N–H and O–H groups in total. The summed E-state index contributed by atoms with van der Waals surface area (Å²) < 4.78 is 0. The lowest BCUT2D eigenvalue weighted by molar-refractivity contribution is -0.116. The fourth-order valence-electron chi connectivity index (χ4n) is 4.13. The van der Waals surface area contributed by atoms with E-state index in [1.807, 2.05) is 6.92 Å². The SMILES string of the molecule is CCc1cc(C)cc(C)c1C1=C(O)C2(CCCCC2)NC1=O. The first-order chi connectivity index (χ1) is 10.5. The van der Waals surface area contributed by atoms with E-state index in [0.29, 0.717) is 5.57 Å². The van der Waals surface area contributed by atoms with Gasteiger partial charge in [0.15, 0.2) is 0 Å². The largest absolute Gasteiger partial charge is 0.509 e. The molecule has 3 heteroatoms. The lowest BCUT2D eigenvalue weighted by Crippen LogP contribution is -2.46. The van der Waals surface area contributed by atoms with Crippen LogP contribution in [0.5, 0.6) is 0 Å². The van der Waals surface area contributed by atoms with E-state index in [2.05, 4.69) is 31.3 Å². The van der Waals surface area contributed by atoms with Gasteiger partial charge in [-0.25, -0.2) is 0 Å². The highest BCUT2D eigenvalue weighted by Crippen LogP contribution is 2.42. The topological polar surface area (TPSA) is 49.3 Å². The van der Waals surface area contributed by atoms with Crippen molar-refractivity contribution in [2.75, 3.05) is 0 Å². The number of carbonyl (C=O) groups is 1. The predicted molar refractivity (Wildman–Crippen MR) is 88.8 cm³/mol. The Morgan fingerprint density at radius 3 is 2.50 bits per heavy atom. The maximum atomic E-state index is 12.6. The first kappa shape index (κ1) is 15.1. The fourth-order valence-corrected chi connectivity index (χ4v) is 4.13. The van der Waals surface area contributed by atoms with E-state index in [0.717, 1.165) is 48.8 Å². The summed E-state index contributed by atoms with van der Waals surface area (Å²) in [7, 11) is 0. The molecule has 0 saturated heterocycles. The molecular formula is C19H25NO2. The third kappa shape index (κ3) is 2.23. The van der Waals surface area contributed by atoms with Crippen LogP contribution in [0.15, 0.2) is 17.9 Å². The van der Waals surface area contributed by atoms with E-state index in [-0.39, 0.29) is 11.7 Å². The van der Waals surface area contributed by atoms with Gasteiger partial charge in [0, 0.05) is 0 Å². The second-order valence-electron chi connectivity index (χ2n) is 6.79. The molecule has 1 aromatic carbocycles.